The number of urea groups is 1. The van der Waals surface area contributed by atoms with Crippen molar-refractivity contribution in [2.24, 2.45) is 0 Å². The summed E-state index contributed by atoms with van der Waals surface area (Å²) in [5, 5.41) is 7.51. The molecule has 1 unspecified atom stereocenters. The monoisotopic (exact) mass is 398 g/mol. The Morgan fingerprint density at radius 2 is 2.11 bits per heavy atom. The first-order valence-electron chi connectivity index (χ1n) is 8.95. The topological polar surface area (TPSA) is 80.5 Å². The summed E-state index contributed by atoms with van der Waals surface area (Å²) in [7, 11) is 1.62. The van der Waals surface area contributed by atoms with E-state index >= 15 is 0 Å². The molecule has 144 valence electrons. The van der Waals surface area contributed by atoms with Crippen LogP contribution in [0.5, 0.6) is 5.75 Å². The van der Waals surface area contributed by atoms with Crippen LogP contribution in [0.25, 0.3) is 11.4 Å². The molecule has 1 aliphatic heterocycles. The lowest BCUT2D eigenvalue weighted by molar-refractivity contribution is 0.193. The average molecular weight is 399 g/mol. The lowest BCUT2D eigenvalue weighted by Crippen LogP contribution is -2.34. The van der Waals surface area contributed by atoms with E-state index in [0.717, 1.165) is 24.2 Å². The van der Waals surface area contributed by atoms with Crippen LogP contribution in [-0.4, -0.2) is 34.7 Å². The van der Waals surface area contributed by atoms with Gasteiger partial charge in [0.1, 0.15) is 11.8 Å². The van der Waals surface area contributed by atoms with Crippen LogP contribution in [0.15, 0.2) is 53.1 Å². The number of nitrogens with zero attached hydrogens (tertiary/aromatic N) is 3. The van der Waals surface area contributed by atoms with Crippen molar-refractivity contribution in [2.75, 3.05) is 19.0 Å². The van der Waals surface area contributed by atoms with E-state index in [1.165, 1.54) is 0 Å². The van der Waals surface area contributed by atoms with Gasteiger partial charge in [-0.2, -0.15) is 4.98 Å². The summed E-state index contributed by atoms with van der Waals surface area (Å²) in [6.45, 7) is 0.622. The van der Waals surface area contributed by atoms with Gasteiger partial charge in [-0.15, -0.1) is 0 Å². The number of anilines is 1. The fraction of sp³-hybridized carbons (Fsp3) is 0.250. The summed E-state index contributed by atoms with van der Waals surface area (Å²) in [4.78, 5) is 18.9. The molecule has 7 nitrogen and oxygen atoms in total. The average Bonchev–Trinajstić information content (AvgIpc) is 3.37. The van der Waals surface area contributed by atoms with Crippen molar-refractivity contribution in [1.82, 2.24) is 15.0 Å². The second kappa shape index (κ2) is 7.90. The Balaban J connectivity index is 1.50. The summed E-state index contributed by atoms with van der Waals surface area (Å²) < 4.78 is 10.6. The highest BCUT2D eigenvalue weighted by atomic mass is 35.5. The van der Waals surface area contributed by atoms with Crippen molar-refractivity contribution in [3.8, 4) is 17.1 Å². The standard InChI is InChI=1S/C20H19ClN4O3/c1-27-16-9-7-13(8-10-16)18-23-19(28-24-18)17-6-3-11-25(17)20(26)22-15-5-2-4-14(21)12-15/h2,4-5,7-10,12,17H,3,6,11H2,1H3,(H,22,26). The maximum absolute atomic E-state index is 12.7. The van der Waals surface area contributed by atoms with Gasteiger partial charge in [0.05, 0.1) is 7.11 Å². The molecular weight excluding hydrogens is 380 g/mol. The molecule has 1 fully saturated rings. The smallest absolute Gasteiger partial charge is 0.322 e. The maximum Gasteiger partial charge on any atom is 0.322 e. The van der Waals surface area contributed by atoms with E-state index in [-0.39, 0.29) is 12.1 Å². The number of halogens is 1. The van der Waals surface area contributed by atoms with E-state index in [9.17, 15) is 4.79 Å². The zero-order valence-electron chi connectivity index (χ0n) is 15.3. The number of amides is 2. The quantitative estimate of drug-likeness (QED) is 0.684. The Kier molecular flexibility index (Phi) is 5.16. The third-order valence-electron chi connectivity index (χ3n) is 4.66. The van der Waals surface area contributed by atoms with Crippen molar-refractivity contribution in [3.05, 3.63) is 59.4 Å². The summed E-state index contributed by atoms with van der Waals surface area (Å²) in [6, 6.07) is 14.0. The largest absolute Gasteiger partial charge is 0.497 e. The second-order valence-corrected chi connectivity index (χ2v) is 6.91. The molecule has 2 amide bonds. The van der Waals surface area contributed by atoms with Gasteiger partial charge in [-0.25, -0.2) is 4.79 Å². The Hall–Kier alpha value is -3.06. The first-order chi connectivity index (χ1) is 13.6. The molecule has 4 rings (SSSR count). The number of methoxy groups -OCH3 is 1. The van der Waals surface area contributed by atoms with Crippen LogP contribution in [0, 0.1) is 0 Å². The fourth-order valence-electron chi connectivity index (χ4n) is 3.26. The Bertz CT molecular complexity index is 974. The van der Waals surface area contributed by atoms with Crippen molar-refractivity contribution in [3.63, 3.8) is 0 Å². The van der Waals surface area contributed by atoms with E-state index in [0.29, 0.717) is 29.0 Å². The predicted octanol–water partition coefficient (Wildman–Crippen LogP) is 4.77. The molecule has 2 heterocycles. The predicted molar refractivity (Wildman–Crippen MR) is 105 cm³/mol. The Morgan fingerprint density at radius 3 is 2.86 bits per heavy atom. The van der Waals surface area contributed by atoms with Crippen molar-refractivity contribution in [2.45, 2.75) is 18.9 Å². The molecule has 0 saturated carbocycles. The second-order valence-electron chi connectivity index (χ2n) is 6.48. The molecule has 1 atom stereocenters. The van der Waals surface area contributed by atoms with Gasteiger partial charge in [0.2, 0.25) is 11.7 Å². The maximum atomic E-state index is 12.7. The molecule has 8 heteroatoms. The van der Waals surface area contributed by atoms with Gasteiger partial charge >= 0.3 is 6.03 Å². The summed E-state index contributed by atoms with van der Waals surface area (Å²) in [5.41, 5.74) is 1.47. The van der Waals surface area contributed by atoms with Crippen molar-refractivity contribution >= 4 is 23.3 Å². The van der Waals surface area contributed by atoms with Gasteiger partial charge in [0.25, 0.3) is 0 Å². The highest BCUT2D eigenvalue weighted by Gasteiger charge is 2.34. The van der Waals surface area contributed by atoms with Crippen LogP contribution >= 0.6 is 11.6 Å². The van der Waals surface area contributed by atoms with Gasteiger partial charge in [-0.3, -0.25) is 0 Å². The number of benzene rings is 2. The number of carbonyl (C=O) groups is 1. The molecule has 1 saturated heterocycles. The molecular formula is C20H19ClN4O3. The normalized spacial score (nSPS) is 16.2. The molecule has 2 aromatic carbocycles. The molecule has 1 N–H and O–H groups in total. The Morgan fingerprint density at radius 1 is 1.29 bits per heavy atom. The number of likely N-dealkylation sites (tertiary alicyclic amines) is 1. The van der Waals surface area contributed by atoms with E-state index in [1.807, 2.05) is 24.3 Å². The van der Waals surface area contributed by atoms with E-state index in [4.69, 9.17) is 20.9 Å². The van der Waals surface area contributed by atoms with E-state index in [1.54, 1.807) is 36.3 Å². The lowest BCUT2D eigenvalue weighted by Gasteiger charge is -2.22. The zero-order valence-corrected chi connectivity index (χ0v) is 16.0. The van der Waals surface area contributed by atoms with E-state index in [2.05, 4.69) is 15.5 Å². The van der Waals surface area contributed by atoms with Crippen LogP contribution < -0.4 is 10.1 Å². The molecule has 0 spiro atoms. The minimum atomic E-state index is -0.251. The van der Waals surface area contributed by atoms with Gasteiger partial charge in [-0.1, -0.05) is 22.8 Å². The highest BCUT2D eigenvalue weighted by molar-refractivity contribution is 6.30. The molecule has 0 aliphatic carbocycles. The molecule has 0 radical (unpaired) electrons. The van der Waals surface area contributed by atoms with Crippen molar-refractivity contribution in [1.29, 1.82) is 0 Å². The third-order valence-corrected chi connectivity index (χ3v) is 4.90. The number of hydrogen-bond acceptors (Lipinski definition) is 5. The van der Waals surface area contributed by atoms with Crippen LogP contribution in [-0.2, 0) is 0 Å². The van der Waals surface area contributed by atoms with Crippen molar-refractivity contribution < 1.29 is 14.1 Å². The van der Waals surface area contributed by atoms with Crippen LogP contribution in [0.3, 0.4) is 0 Å². The van der Waals surface area contributed by atoms with E-state index < -0.39 is 0 Å². The fourth-order valence-corrected chi connectivity index (χ4v) is 3.45. The Labute approximate surface area is 167 Å². The first kappa shape index (κ1) is 18.3. The summed E-state index contributed by atoms with van der Waals surface area (Å²) in [6.07, 6.45) is 1.64. The van der Waals surface area contributed by atoms with Gasteiger partial charge < -0.3 is 19.5 Å². The third kappa shape index (κ3) is 3.80. The van der Waals surface area contributed by atoms with Crippen LogP contribution in [0.1, 0.15) is 24.8 Å². The minimum absolute atomic E-state index is 0.214. The lowest BCUT2D eigenvalue weighted by atomic mass is 10.2. The summed E-state index contributed by atoms with van der Waals surface area (Å²) >= 11 is 5.99. The van der Waals surface area contributed by atoms with Crippen LogP contribution in [0.4, 0.5) is 10.5 Å². The molecule has 1 aliphatic rings. The molecule has 3 aromatic rings. The zero-order chi connectivity index (χ0) is 19.5. The number of rotatable bonds is 4. The number of hydrogen-bond donors (Lipinski definition) is 1. The minimum Gasteiger partial charge on any atom is -0.497 e. The number of aromatic nitrogens is 2. The van der Waals surface area contributed by atoms with Gasteiger partial charge in [-0.05, 0) is 55.3 Å². The number of nitrogens with one attached hydrogen (secondary N) is 1. The van der Waals surface area contributed by atoms with Crippen LogP contribution in [0.2, 0.25) is 5.02 Å². The number of carbonyl (C=O) groups excluding carboxylic acids is 1. The molecule has 1 aromatic heterocycles. The summed E-state index contributed by atoms with van der Waals surface area (Å²) in [5.74, 6) is 1.68. The SMILES string of the molecule is COc1ccc(-c2noc(C3CCCN3C(=O)Nc3cccc(Cl)c3)n2)cc1. The number of ether oxygens (including phenoxy) is 1. The molecule has 28 heavy (non-hydrogen) atoms. The highest BCUT2D eigenvalue weighted by Crippen LogP contribution is 2.33. The van der Waals surface area contributed by atoms with Gasteiger partial charge in [0, 0.05) is 22.8 Å². The first-order valence-corrected chi connectivity index (χ1v) is 9.33. The van der Waals surface area contributed by atoms with Gasteiger partial charge in [0.15, 0.2) is 0 Å². The molecule has 0 bridgehead atoms.